The molecule has 1 aliphatic rings. The summed E-state index contributed by atoms with van der Waals surface area (Å²) < 4.78 is 26.8. The fraction of sp³-hybridized carbons (Fsp3) is 0.265. The van der Waals surface area contributed by atoms with Crippen molar-refractivity contribution in [1.29, 1.82) is 0 Å². The van der Waals surface area contributed by atoms with Gasteiger partial charge in [-0.05, 0) is 93.6 Å². The van der Waals surface area contributed by atoms with E-state index in [2.05, 4.69) is 25.5 Å². The van der Waals surface area contributed by atoms with Crippen LogP contribution in [0.4, 0.5) is 4.39 Å². The number of hydrogen-bond donors (Lipinski definition) is 3. The Morgan fingerprint density at radius 2 is 1.80 bits per heavy atom. The van der Waals surface area contributed by atoms with Gasteiger partial charge in [0, 0.05) is 35.3 Å². The highest BCUT2D eigenvalue weighted by atomic mass is 19.1. The van der Waals surface area contributed by atoms with Crippen LogP contribution in [0, 0.1) is 5.82 Å². The van der Waals surface area contributed by atoms with E-state index in [1.807, 2.05) is 67.5 Å². The van der Waals surface area contributed by atoms with Crippen LogP contribution in [0.3, 0.4) is 0 Å². The van der Waals surface area contributed by atoms with Crippen molar-refractivity contribution in [3.63, 3.8) is 0 Å². The molecule has 224 valence electrons. The number of pyridine rings is 2. The molecule has 6 aromatic rings. The number of nitrogens with one attached hydrogen (secondary N) is 3. The lowest BCUT2D eigenvalue weighted by Gasteiger charge is -2.23. The number of H-pyrrole nitrogens is 2. The smallest absolute Gasteiger partial charge is 0.138 e. The Hall–Kier alpha value is -4.80. The van der Waals surface area contributed by atoms with Gasteiger partial charge in [-0.3, -0.25) is 10.1 Å². The van der Waals surface area contributed by atoms with E-state index < -0.39 is 0 Å². The number of piperidine rings is 1. The Bertz CT molecular complexity index is 1930. The largest absolute Gasteiger partial charge is 0.492 e. The molecule has 5 heterocycles. The highest BCUT2D eigenvalue weighted by molar-refractivity contribution is 6.00. The van der Waals surface area contributed by atoms with Gasteiger partial charge in [-0.1, -0.05) is 12.1 Å². The number of aromatic nitrogens is 5. The van der Waals surface area contributed by atoms with Crippen LogP contribution >= 0.6 is 0 Å². The summed E-state index contributed by atoms with van der Waals surface area (Å²) in [6, 6.07) is 18.8. The molecule has 0 spiro atoms. The maximum absolute atomic E-state index is 14.7. The number of hydrogen-bond acceptors (Lipinski definition) is 7. The van der Waals surface area contributed by atoms with Gasteiger partial charge in [0.25, 0.3) is 0 Å². The molecule has 0 saturated carbocycles. The average molecular weight is 592 g/mol. The van der Waals surface area contributed by atoms with E-state index in [4.69, 9.17) is 14.5 Å². The predicted molar refractivity (Wildman–Crippen MR) is 170 cm³/mol. The Labute approximate surface area is 254 Å². The average Bonchev–Trinajstić information content (AvgIpc) is 3.65. The molecule has 44 heavy (non-hydrogen) atoms. The first-order valence-corrected chi connectivity index (χ1v) is 14.9. The zero-order valence-electron chi connectivity index (χ0n) is 24.7. The molecule has 1 saturated heterocycles. The molecular weight excluding hydrogens is 557 g/mol. The second-order valence-corrected chi connectivity index (χ2v) is 11.4. The summed E-state index contributed by atoms with van der Waals surface area (Å²) in [7, 11) is 3.95. The van der Waals surface area contributed by atoms with Crippen LogP contribution in [-0.4, -0.2) is 76.5 Å². The molecule has 1 fully saturated rings. The van der Waals surface area contributed by atoms with Crippen LogP contribution in [0.25, 0.3) is 55.7 Å². The third-order valence-corrected chi connectivity index (χ3v) is 7.91. The number of likely N-dealkylation sites (N-methyl/N-ethyl adjacent to an activating group) is 1. The van der Waals surface area contributed by atoms with Gasteiger partial charge in [-0.15, -0.1) is 0 Å². The Balaban J connectivity index is 1.21. The normalized spacial score (nSPS) is 14.1. The number of halogens is 1. The van der Waals surface area contributed by atoms with E-state index in [9.17, 15) is 4.39 Å². The minimum absolute atomic E-state index is 0.186. The molecule has 0 amide bonds. The van der Waals surface area contributed by atoms with E-state index >= 15 is 0 Å². The first-order chi connectivity index (χ1) is 21.5. The number of fused-ring (bicyclic) bond motifs is 2. The number of benzene rings is 2. The van der Waals surface area contributed by atoms with Gasteiger partial charge in [0.05, 0.1) is 23.1 Å². The van der Waals surface area contributed by atoms with E-state index in [0.29, 0.717) is 18.1 Å². The molecule has 0 aliphatic carbocycles. The lowest BCUT2D eigenvalue weighted by Crippen LogP contribution is -2.34. The molecule has 0 bridgehead atoms. The summed E-state index contributed by atoms with van der Waals surface area (Å²) in [6.45, 7) is 3.14. The van der Waals surface area contributed by atoms with Crippen molar-refractivity contribution in [2.75, 3.05) is 40.3 Å². The Morgan fingerprint density at radius 1 is 0.932 bits per heavy atom. The van der Waals surface area contributed by atoms with E-state index in [1.54, 1.807) is 12.4 Å². The van der Waals surface area contributed by atoms with Crippen molar-refractivity contribution in [2.45, 2.75) is 18.9 Å². The summed E-state index contributed by atoms with van der Waals surface area (Å²) in [5.74, 6) is 0.907. The highest BCUT2D eigenvalue weighted by Crippen LogP contribution is 2.36. The van der Waals surface area contributed by atoms with Gasteiger partial charge in [-0.25, -0.2) is 9.37 Å². The maximum Gasteiger partial charge on any atom is 0.138 e. The van der Waals surface area contributed by atoms with Crippen LogP contribution in [-0.2, 0) is 0 Å². The van der Waals surface area contributed by atoms with E-state index in [1.165, 1.54) is 12.1 Å². The number of aromatic amines is 2. The van der Waals surface area contributed by atoms with E-state index in [-0.39, 0.29) is 11.9 Å². The van der Waals surface area contributed by atoms with Crippen molar-refractivity contribution in [1.82, 2.24) is 35.4 Å². The number of nitrogens with zero attached hydrogens (tertiary/aromatic N) is 4. The topological polar surface area (TPSA) is 104 Å². The van der Waals surface area contributed by atoms with Crippen molar-refractivity contribution in [3.05, 3.63) is 78.9 Å². The van der Waals surface area contributed by atoms with Crippen molar-refractivity contribution in [3.8, 4) is 45.3 Å². The Morgan fingerprint density at radius 3 is 2.66 bits per heavy atom. The summed E-state index contributed by atoms with van der Waals surface area (Å²) in [6.07, 6.45) is 5.70. The van der Waals surface area contributed by atoms with Gasteiger partial charge >= 0.3 is 0 Å². The third-order valence-electron chi connectivity index (χ3n) is 7.91. The van der Waals surface area contributed by atoms with Crippen LogP contribution in [0.5, 0.6) is 11.5 Å². The third kappa shape index (κ3) is 5.86. The summed E-state index contributed by atoms with van der Waals surface area (Å²) in [4.78, 5) is 15.0. The van der Waals surface area contributed by atoms with Gasteiger partial charge in [0.2, 0.25) is 0 Å². The Kier molecular flexibility index (Phi) is 7.68. The molecule has 1 aliphatic heterocycles. The molecule has 0 unspecified atom stereocenters. The van der Waals surface area contributed by atoms with Crippen LogP contribution in [0.2, 0.25) is 0 Å². The SMILES string of the molecule is CN(C)CCOc1cc(F)cc(-c2cccc3[nH]c(-c4n[nH]c5ccc(-c6cncc(OC7CCNCC7)c6)nc45)cc23)c1. The maximum atomic E-state index is 14.7. The lowest BCUT2D eigenvalue weighted by atomic mass is 10.0. The summed E-state index contributed by atoms with van der Waals surface area (Å²) in [5, 5.41) is 12.1. The minimum Gasteiger partial charge on any atom is -0.492 e. The van der Waals surface area contributed by atoms with Gasteiger partial charge in [0.1, 0.15) is 41.2 Å². The number of rotatable bonds is 9. The molecule has 4 aromatic heterocycles. The fourth-order valence-electron chi connectivity index (χ4n) is 5.66. The molecule has 0 radical (unpaired) electrons. The van der Waals surface area contributed by atoms with Crippen LogP contribution < -0.4 is 14.8 Å². The van der Waals surface area contributed by atoms with Crippen LogP contribution in [0.1, 0.15) is 12.8 Å². The zero-order chi connectivity index (χ0) is 30.0. The molecule has 0 atom stereocenters. The predicted octanol–water partition coefficient (Wildman–Crippen LogP) is 6.05. The quantitative estimate of drug-likeness (QED) is 0.188. The highest BCUT2D eigenvalue weighted by Gasteiger charge is 2.18. The van der Waals surface area contributed by atoms with Gasteiger partial charge in [-0.2, -0.15) is 5.10 Å². The zero-order valence-corrected chi connectivity index (χ0v) is 24.7. The molecule has 9 nitrogen and oxygen atoms in total. The second kappa shape index (κ2) is 12.1. The van der Waals surface area contributed by atoms with Crippen LogP contribution in [0.15, 0.2) is 73.1 Å². The first kappa shape index (κ1) is 28.0. The minimum atomic E-state index is -0.343. The second-order valence-electron chi connectivity index (χ2n) is 11.4. The molecular formula is C34H34FN7O2. The van der Waals surface area contributed by atoms with Gasteiger partial charge in [0.15, 0.2) is 0 Å². The summed E-state index contributed by atoms with van der Waals surface area (Å²) in [5.41, 5.74) is 7.27. The van der Waals surface area contributed by atoms with Crippen molar-refractivity contribution >= 4 is 21.9 Å². The van der Waals surface area contributed by atoms with Crippen molar-refractivity contribution < 1.29 is 13.9 Å². The first-order valence-electron chi connectivity index (χ1n) is 14.9. The van der Waals surface area contributed by atoms with E-state index in [0.717, 1.165) is 88.2 Å². The molecule has 10 heteroatoms. The molecule has 7 rings (SSSR count). The summed E-state index contributed by atoms with van der Waals surface area (Å²) >= 11 is 0. The lowest BCUT2D eigenvalue weighted by molar-refractivity contribution is 0.162. The fourth-order valence-corrected chi connectivity index (χ4v) is 5.66. The molecule has 2 aromatic carbocycles. The monoisotopic (exact) mass is 591 g/mol. The van der Waals surface area contributed by atoms with Gasteiger partial charge < -0.3 is 24.7 Å². The standard InChI is InChI=1S/C34H34FN7O2/c1-42(2)12-13-43-25-15-21(14-23(35)17-25)27-4-3-5-30-28(27)18-32(38-30)34-33-31(40-41-34)7-6-29(39-33)22-16-26(20-37-19-22)44-24-8-10-36-11-9-24/h3-7,14-20,24,36,38H,8-13H2,1-2H3,(H,40,41). The number of ether oxygens (including phenoxy) is 2. The van der Waals surface area contributed by atoms with Crippen molar-refractivity contribution in [2.24, 2.45) is 0 Å². The molecule has 3 N–H and O–H groups in total.